The van der Waals surface area contributed by atoms with Gasteiger partial charge in [-0.3, -0.25) is 4.79 Å². The minimum atomic E-state index is -3.62. The van der Waals surface area contributed by atoms with Gasteiger partial charge < -0.3 is 9.47 Å². The fourth-order valence-corrected chi connectivity index (χ4v) is 4.70. The molecule has 28 heavy (non-hydrogen) atoms. The van der Waals surface area contributed by atoms with Crippen molar-refractivity contribution in [3.8, 4) is 0 Å². The predicted molar refractivity (Wildman–Crippen MR) is 108 cm³/mol. The summed E-state index contributed by atoms with van der Waals surface area (Å²) < 4.78 is 27.6. The van der Waals surface area contributed by atoms with Crippen LogP contribution in [0, 0.1) is 5.92 Å². The zero-order chi connectivity index (χ0) is 20.3. The highest BCUT2D eigenvalue weighted by atomic mass is 32.2. The fourth-order valence-electron chi connectivity index (χ4n) is 3.20. The van der Waals surface area contributed by atoms with E-state index in [0.717, 1.165) is 12.8 Å². The zero-order valence-electron chi connectivity index (χ0n) is 16.4. The monoisotopic (exact) mass is 401 g/mol. The SMILES string of the molecule is C=CCn1c(CN(C(=O)C2CC2)C(C)C)cnc1S(=O)(=O)Cc1ccccc1. The van der Waals surface area contributed by atoms with Crippen LogP contribution in [0.2, 0.25) is 0 Å². The summed E-state index contributed by atoms with van der Waals surface area (Å²) >= 11 is 0. The molecule has 1 fully saturated rings. The lowest BCUT2D eigenvalue weighted by Crippen LogP contribution is -2.38. The summed E-state index contributed by atoms with van der Waals surface area (Å²) in [5, 5.41) is 0.0221. The van der Waals surface area contributed by atoms with Crippen molar-refractivity contribution in [3.63, 3.8) is 0 Å². The topological polar surface area (TPSA) is 72.3 Å². The maximum absolute atomic E-state index is 13.0. The van der Waals surface area contributed by atoms with E-state index in [1.54, 1.807) is 29.0 Å². The Morgan fingerprint density at radius 1 is 1.32 bits per heavy atom. The zero-order valence-corrected chi connectivity index (χ0v) is 17.2. The molecule has 0 bridgehead atoms. The van der Waals surface area contributed by atoms with Gasteiger partial charge in [0.1, 0.15) is 0 Å². The molecule has 6 nitrogen and oxygen atoms in total. The first-order valence-electron chi connectivity index (χ1n) is 9.56. The summed E-state index contributed by atoms with van der Waals surface area (Å²) in [6.45, 7) is 8.36. The van der Waals surface area contributed by atoms with Crippen LogP contribution >= 0.6 is 0 Å². The van der Waals surface area contributed by atoms with Gasteiger partial charge in [-0.2, -0.15) is 0 Å². The molecule has 1 saturated carbocycles. The number of aromatic nitrogens is 2. The molecule has 3 rings (SSSR count). The average Bonchev–Trinajstić information content (AvgIpc) is 3.41. The second-order valence-electron chi connectivity index (χ2n) is 7.51. The van der Waals surface area contributed by atoms with Crippen LogP contribution < -0.4 is 0 Å². The van der Waals surface area contributed by atoms with Crippen molar-refractivity contribution in [1.82, 2.24) is 14.5 Å². The minimum Gasteiger partial charge on any atom is -0.334 e. The van der Waals surface area contributed by atoms with Crippen molar-refractivity contribution in [1.29, 1.82) is 0 Å². The molecule has 0 N–H and O–H groups in total. The van der Waals surface area contributed by atoms with Crippen molar-refractivity contribution in [2.75, 3.05) is 0 Å². The standard InChI is InChI=1S/C21H27N3O3S/c1-4-12-23-19(14-24(16(2)3)20(25)18-10-11-18)13-22-21(23)28(26,27)15-17-8-6-5-7-9-17/h4-9,13,16,18H,1,10-12,14-15H2,2-3H3. The maximum Gasteiger partial charge on any atom is 0.228 e. The van der Waals surface area contributed by atoms with E-state index in [2.05, 4.69) is 11.6 Å². The van der Waals surface area contributed by atoms with Gasteiger partial charge in [-0.25, -0.2) is 13.4 Å². The van der Waals surface area contributed by atoms with E-state index in [-0.39, 0.29) is 28.8 Å². The highest BCUT2D eigenvalue weighted by Crippen LogP contribution is 2.32. The second-order valence-corrected chi connectivity index (χ2v) is 9.39. The van der Waals surface area contributed by atoms with E-state index in [9.17, 15) is 13.2 Å². The van der Waals surface area contributed by atoms with Gasteiger partial charge in [0, 0.05) is 18.5 Å². The molecule has 1 aliphatic carbocycles. The Hall–Kier alpha value is -2.41. The number of allylic oxidation sites excluding steroid dienone is 1. The molecule has 0 radical (unpaired) electrons. The highest BCUT2D eigenvalue weighted by Gasteiger charge is 2.35. The van der Waals surface area contributed by atoms with Gasteiger partial charge in [0.05, 0.1) is 24.2 Å². The van der Waals surface area contributed by atoms with Crippen molar-refractivity contribution >= 4 is 15.7 Å². The number of nitrogens with zero attached hydrogens (tertiary/aromatic N) is 3. The van der Waals surface area contributed by atoms with Crippen LogP contribution in [0.4, 0.5) is 0 Å². The molecule has 0 unspecified atom stereocenters. The van der Waals surface area contributed by atoms with Gasteiger partial charge >= 0.3 is 0 Å². The van der Waals surface area contributed by atoms with Crippen LogP contribution in [0.15, 0.2) is 54.3 Å². The fraction of sp³-hybridized carbons (Fsp3) is 0.429. The molecule has 7 heteroatoms. The molecule has 1 amide bonds. The number of amides is 1. The van der Waals surface area contributed by atoms with Crippen LogP contribution in [0.1, 0.15) is 37.9 Å². The highest BCUT2D eigenvalue weighted by molar-refractivity contribution is 7.90. The van der Waals surface area contributed by atoms with Crippen LogP contribution in [0.5, 0.6) is 0 Å². The first-order chi connectivity index (χ1) is 13.3. The molecule has 1 aromatic heterocycles. The smallest absolute Gasteiger partial charge is 0.228 e. The third-order valence-electron chi connectivity index (χ3n) is 4.86. The Balaban J connectivity index is 1.90. The van der Waals surface area contributed by atoms with Crippen molar-refractivity contribution in [3.05, 3.63) is 60.4 Å². The Bertz CT molecular complexity index is 945. The largest absolute Gasteiger partial charge is 0.334 e. The number of hydrogen-bond donors (Lipinski definition) is 0. The van der Waals surface area contributed by atoms with E-state index >= 15 is 0 Å². The summed E-state index contributed by atoms with van der Waals surface area (Å²) in [6.07, 6.45) is 5.08. The van der Waals surface area contributed by atoms with Gasteiger partial charge in [0.15, 0.2) is 0 Å². The summed E-state index contributed by atoms with van der Waals surface area (Å²) in [5.41, 5.74) is 1.42. The lowest BCUT2D eigenvalue weighted by molar-refractivity contribution is -0.135. The van der Waals surface area contributed by atoms with Gasteiger partial charge in [-0.05, 0) is 32.3 Å². The van der Waals surface area contributed by atoms with Crippen LogP contribution in [0.25, 0.3) is 0 Å². The van der Waals surface area contributed by atoms with Gasteiger partial charge in [0.2, 0.25) is 20.9 Å². The molecule has 1 aliphatic rings. The Morgan fingerprint density at radius 2 is 2.00 bits per heavy atom. The van der Waals surface area contributed by atoms with Crippen molar-refractivity contribution < 1.29 is 13.2 Å². The molecule has 2 aromatic rings. The van der Waals surface area contributed by atoms with Crippen molar-refractivity contribution in [2.24, 2.45) is 5.92 Å². The number of benzene rings is 1. The maximum atomic E-state index is 13.0. The molecule has 150 valence electrons. The molecule has 0 atom stereocenters. The number of carbonyl (C=O) groups is 1. The molecule has 1 aromatic carbocycles. The number of hydrogen-bond acceptors (Lipinski definition) is 4. The van der Waals surface area contributed by atoms with Gasteiger partial charge in [0.25, 0.3) is 0 Å². The molecular weight excluding hydrogens is 374 g/mol. The summed E-state index contributed by atoms with van der Waals surface area (Å²) in [7, 11) is -3.62. The lowest BCUT2D eigenvalue weighted by Gasteiger charge is -2.27. The summed E-state index contributed by atoms with van der Waals surface area (Å²) in [6, 6.07) is 9.09. The summed E-state index contributed by atoms with van der Waals surface area (Å²) in [4.78, 5) is 18.7. The number of carbonyl (C=O) groups excluding carboxylic acids is 1. The molecule has 0 aliphatic heterocycles. The van der Waals surface area contributed by atoms with E-state index < -0.39 is 9.84 Å². The van der Waals surface area contributed by atoms with E-state index in [0.29, 0.717) is 24.3 Å². The van der Waals surface area contributed by atoms with E-state index in [4.69, 9.17) is 0 Å². The van der Waals surface area contributed by atoms with Crippen LogP contribution in [-0.2, 0) is 33.5 Å². The first-order valence-corrected chi connectivity index (χ1v) is 11.2. The normalized spacial score (nSPS) is 14.2. The third-order valence-corrected chi connectivity index (χ3v) is 6.45. The summed E-state index contributed by atoms with van der Waals surface area (Å²) in [5.74, 6) is 0.130. The molecule has 0 spiro atoms. The van der Waals surface area contributed by atoms with Gasteiger partial charge in [-0.15, -0.1) is 6.58 Å². The number of imidazole rings is 1. The van der Waals surface area contributed by atoms with Crippen LogP contribution in [-0.4, -0.2) is 34.8 Å². The molecular formula is C21H27N3O3S. The first kappa shape index (κ1) is 20.3. The Labute approximate surface area is 166 Å². The predicted octanol–water partition coefficient (Wildman–Crippen LogP) is 3.19. The number of rotatable bonds is 9. The third kappa shape index (κ3) is 4.52. The Kier molecular flexibility index (Phi) is 6.03. The Morgan fingerprint density at radius 3 is 2.57 bits per heavy atom. The van der Waals surface area contributed by atoms with E-state index in [1.807, 2.05) is 36.9 Å². The van der Waals surface area contributed by atoms with Gasteiger partial charge in [-0.1, -0.05) is 36.4 Å². The van der Waals surface area contributed by atoms with Crippen LogP contribution in [0.3, 0.4) is 0 Å². The number of sulfone groups is 1. The molecule has 0 saturated heterocycles. The minimum absolute atomic E-state index is 0.0221. The average molecular weight is 402 g/mol. The van der Waals surface area contributed by atoms with Crippen molar-refractivity contribution in [2.45, 2.75) is 56.7 Å². The molecule has 1 heterocycles. The quantitative estimate of drug-likeness (QED) is 0.605. The van der Waals surface area contributed by atoms with E-state index in [1.165, 1.54) is 0 Å². The second kappa shape index (κ2) is 8.31. The lowest BCUT2D eigenvalue weighted by atomic mass is 10.2.